The van der Waals surface area contributed by atoms with Gasteiger partial charge in [-0.15, -0.1) is 0 Å². The van der Waals surface area contributed by atoms with Crippen molar-refractivity contribution in [3.63, 3.8) is 0 Å². The van der Waals surface area contributed by atoms with Gasteiger partial charge in [0, 0.05) is 13.1 Å². The number of ether oxygens (including phenoxy) is 1. The SMILES string of the molecule is COc1ccc(C)cc1N(C)c1cc(NC#N)ncn1. The van der Waals surface area contributed by atoms with Crippen LogP contribution in [0, 0.1) is 18.4 Å². The van der Waals surface area contributed by atoms with Crippen LogP contribution in [-0.4, -0.2) is 24.1 Å². The van der Waals surface area contributed by atoms with Crippen molar-refractivity contribution in [1.29, 1.82) is 5.26 Å². The third-order valence-corrected chi connectivity index (χ3v) is 2.88. The maximum Gasteiger partial charge on any atom is 0.182 e. The van der Waals surface area contributed by atoms with Gasteiger partial charge in [0.1, 0.15) is 23.7 Å². The minimum Gasteiger partial charge on any atom is -0.495 e. The zero-order valence-corrected chi connectivity index (χ0v) is 11.6. The Morgan fingerprint density at radius 2 is 2.10 bits per heavy atom. The number of benzene rings is 1. The molecule has 6 nitrogen and oxygen atoms in total. The molecule has 0 radical (unpaired) electrons. The van der Waals surface area contributed by atoms with Gasteiger partial charge in [-0.2, -0.15) is 5.26 Å². The van der Waals surface area contributed by atoms with E-state index in [0.717, 1.165) is 17.0 Å². The number of nitrogens with zero attached hydrogens (tertiary/aromatic N) is 4. The van der Waals surface area contributed by atoms with E-state index in [4.69, 9.17) is 10.00 Å². The van der Waals surface area contributed by atoms with Crippen LogP contribution in [0.5, 0.6) is 5.75 Å². The molecule has 1 aromatic heterocycles. The molecule has 20 heavy (non-hydrogen) atoms. The molecule has 0 saturated carbocycles. The van der Waals surface area contributed by atoms with Gasteiger partial charge >= 0.3 is 0 Å². The average Bonchev–Trinajstić information content (AvgIpc) is 2.47. The lowest BCUT2D eigenvalue weighted by molar-refractivity contribution is 0.415. The number of anilines is 3. The molecule has 0 saturated heterocycles. The van der Waals surface area contributed by atoms with Gasteiger partial charge in [-0.05, 0) is 24.6 Å². The Labute approximate surface area is 117 Å². The van der Waals surface area contributed by atoms with Gasteiger partial charge in [-0.25, -0.2) is 9.97 Å². The monoisotopic (exact) mass is 269 g/mol. The van der Waals surface area contributed by atoms with E-state index in [1.54, 1.807) is 13.2 Å². The maximum atomic E-state index is 8.63. The molecule has 1 heterocycles. The third kappa shape index (κ3) is 2.78. The molecular weight excluding hydrogens is 254 g/mol. The highest BCUT2D eigenvalue weighted by atomic mass is 16.5. The van der Waals surface area contributed by atoms with Crippen molar-refractivity contribution in [3.05, 3.63) is 36.2 Å². The molecule has 0 amide bonds. The first-order valence-corrected chi connectivity index (χ1v) is 6.01. The Morgan fingerprint density at radius 3 is 2.80 bits per heavy atom. The van der Waals surface area contributed by atoms with E-state index in [2.05, 4.69) is 15.3 Å². The Balaban J connectivity index is 2.40. The molecule has 0 spiro atoms. The summed E-state index contributed by atoms with van der Waals surface area (Å²) in [6.07, 6.45) is 3.25. The molecule has 2 rings (SSSR count). The first kappa shape index (κ1) is 13.6. The van der Waals surface area contributed by atoms with Crippen LogP contribution in [0.1, 0.15) is 5.56 Å². The Hall–Kier alpha value is -2.81. The second-order valence-electron chi connectivity index (χ2n) is 4.23. The summed E-state index contributed by atoms with van der Waals surface area (Å²) in [5, 5.41) is 11.1. The summed E-state index contributed by atoms with van der Waals surface area (Å²) in [5.41, 5.74) is 2.02. The molecule has 102 valence electrons. The van der Waals surface area contributed by atoms with Crippen LogP contribution in [-0.2, 0) is 0 Å². The van der Waals surface area contributed by atoms with E-state index in [-0.39, 0.29) is 0 Å². The Kier molecular flexibility index (Phi) is 4.01. The summed E-state index contributed by atoms with van der Waals surface area (Å²) < 4.78 is 5.37. The number of aromatic nitrogens is 2. The number of nitriles is 1. The fraction of sp³-hybridized carbons (Fsp3) is 0.214. The third-order valence-electron chi connectivity index (χ3n) is 2.88. The summed E-state index contributed by atoms with van der Waals surface area (Å²) in [6.45, 7) is 2.01. The lowest BCUT2D eigenvalue weighted by atomic mass is 10.2. The quantitative estimate of drug-likeness (QED) is 0.679. The standard InChI is InChI=1S/C14H15N5O/c1-10-4-5-12(20-3)11(6-10)19(2)14-7-13(16-8-15)17-9-18-14/h4-7,9H,1-3H3,(H,16,17,18). The summed E-state index contributed by atoms with van der Waals surface area (Å²) >= 11 is 0. The number of nitrogens with one attached hydrogen (secondary N) is 1. The zero-order chi connectivity index (χ0) is 14.5. The van der Waals surface area contributed by atoms with Gasteiger partial charge in [-0.1, -0.05) is 6.07 Å². The van der Waals surface area contributed by atoms with Gasteiger partial charge in [0.2, 0.25) is 0 Å². The highest BCUT2D eigenvalue weighted by Crippen LogP contribution is 2.32. The van der Waals surface area contributed by atoms with Gasteiger partial charge in [-0.3, -0.25) is 5.32 Å². The fourth-order valence-corrected chi connectivity index (χ4v) is 1.84. The normalized spacial score (nSPS) is 9.70. The highest BCUT2D eigenvalue weighted by Gasteiger charge is 2.12. The van der Waals surface area contributed by atoms with E-state index in [1.165, 1.54) is 6.33 Å². The maximum absolute atomic E-state index is 8.63. The summed E-state index contributed by atoms with van der Waals surface area (Å²) in [7, 11) is 3.51. The van der Waals surface area contributed by atoms with Gasteiger partial charge in [0.25, 0.3) is 0 Å². The van der Waals surface area contributed by atoms with E-state index in [9.17, 15) is 0 Å². The Morgan fingerprint density at radius 1 is 1.30 bits per heavy atom. The lowest BCUT2D eigenvalue weighted by Crippen LogP contribution is -2.13. The first-order chi connectivity index (χ1) is 9.65. The predicted molar refractivity (Wildman–Crippen MR) is 77.1 cm³/mol. The molecule has 0 aliphatic rings. The van der Waals surface area contributed by atoms with Crippen LogP contribution in [0.2, 0.25) is 0 Å². The summed E-state index contributed by atoms with van der Waals surface area (Å²) in [6, 6.07) is 7.61. The van der Waals surface area contributed by atoms with Gasteiger partial charge < -0.3 is 9.64 Å². The van der Waals surface area contributed by atoms with Crippen LogP contribution in [0.3, 0.4) is 0 Å². The number of hydrogen-bond acceptors (Lipinski definition) is 6. The summed E-state index contributed by atoms with van der Waals surface area (Å²) in [5.74, 6) is 1.88. The minimum absolute atomic E-state index is 0.455. The second-order valence-corrected chi connectivity index (χ2v) is 4.23. The minimum atomic E-state index is 0.455. The van der Waals surface area contributed by atoms with Crippen LogP contribution in [0.15, 0.2) is 30.6 Å². The number of methoxy groups -OCH3 is 1. The molecule has 1 aromatic carbocycles. The number of rotatable bonds is 4. The molecule has 0 aliphatic heterocycles. The predicted octanol–water partition coefficient (Wildman–Crippen LogP) is 2.45. The molecule has 0 atom stereocenters. The van der Waals surface area contributed by atoms with Crippen molar-refractivity contribution in [2.75, 3.05) is 24.4 Å². The molecule has 0 aliphatic carbocycles. The van der Waals surface area contributed by atoms with E-state index in [0.29, 0.717) is 11.6 Å². The molecule has 6 heteroatoms. The van der Waals surface area contributed by atoms with Crippen molar-refractivity contribution in [2.24, 2.45) is 0 Å². The van der Waals surface area contributed by atoms with Crippen molar-refractivity contribution in [3.8, 4) is 11.9 Å². The van der Waals surface area contributed by atoms with Crippen molar-refractivity contribution >= 4 is 17.3 Å². The smallest absolute Gasteiger partial charge is 0.182 e. The molecule has 1 N–H and O–H groups in total. The van der Waals surface area contributed by atoms with Gasteiger partial charge in [0.15, 0.2) is 6.19 Å². The largest absolute Gasteiger partial charge is 0.495 e. The van der Waals surface area contributed by atoms with E-state index >= 15 is 0 Å². The lowest BCUT2D eigenvalue weighted by Gasteiger charge is -2.21. The zero-order valence-electron chi connectivity index (χ0n) is 11.6. The van der Waals surface area contributed by atoms with E-state index in [1.807, 2.05) is 43.3 Å². The van der Waals surface area contributed by atoms with Crippen LogP contribution in [0.4, 0.5) is 17.3 Å². The average molecular weight is 269 g/mol. The van der Waals surface area contributed by atoms with Crippen molar-refractivity contribution in [1.82, 2.24) is 9.97 Å². The van der Waals surface area contributed by atoms with E-state index < -0.39 is 0 Å². The molecule has 0 fully saturated rings. The topological polar surface area (TPSA) is 74.1 Å². The van der Waals surface area contributed by atoms with Crippen LogP contribution < -0.4 is 15.0 Å². The van der Waals surface area contributed by atoms with Gasteiger partial charge in [0.05, 0.1) is 12.8 Å². The molecule has 0 unspecified atom stereocenters. The molecular formula is C14H15N5O. The number of hydrogen-bond donors (Lipinski definition) is 1. The van der Waals surface area contributed by atoms with Crippen molar-refractivity contribution in [2.45, 2.75) is 6.92 Å². The van der Waals surface area contributed by atoms with Crippen molar-refractivity contribution < 1.29 is 4.74 Å². The number of aryl methyl sites for hydroxylation is 1. The Bertz CT molecular complexity index is 650. The highest BCUT2D eigenvalue weighted by molar-refractivity contribution is 5.68. The summed E-state index contributed by atoms with van der Waals surface area (Å²) in [4.78, 5) is 10.1. The first-order valence-electron chi connectivity index (χ1n) is 6.01. The molecule has 0 bridgehead atoms. The molecule has 2 aromatic rings. The van der Waals surface area contributed by atoms with Crippen LogP contribution in [0.25, 0.3) is 0 Å². The van der Waals surface area contributed by atoms with Crippen LogP contribution >= 0.6 is 0 Å². The second kappa shape index (κ2) is 5.89. The fourth-order valence-electron chi connectivity index (χ4n) is 1.84.